The van der Waals surface area contributed by atoms with Gasteiger partial charge in [-0.25, -0.2) is 0 Å². The van der Waals surface area contributed by atoms with Crippen LogP contribution in [-0.2, 0) is 4.79 Å². The molecule has 1 unspecified atom stereocenters. The number of nitrogens with zero attached hydrogens (tertiary/aromatic N) is 1. The summed E-state index contributed by atoms with van der Waals surface area (Å²) >= 11 is 0. The first-order valence-electron chi connectivity index (χ1n) is 4.53. The van der Waals surface area contributed by atoms with Crippen molar-refractivity contribution >= 4 is 5.97 Å². The van der Waals surface area contributed by atoms with Crippen molar-refractivity contribution in [2.75, 3.05) is 13.6 Å². The third kappa shape index (κ3) is 2.81. The molecular weight excluding hydrogens is 154 g/mol. The van der Waals surface area contributed by atoms with Gasteiger partial charge in [0.1, 0.15) is 0 Å². The molecule has 0 amide bonds. The predicted octanol–water partition coefficient (Wildman–Crippen LogP) is 1.19. The van der Waals surface area contributed by atoms with E-state index in [0.717, 1.165) is 5.92 Å². The zero-order chi connectivity index (χ0) is 9.14. The van der Waals surface area contributed by atoms with Gasteiger partial charge in [0.15, 0.2) is 0 Å². The van der Waals surface area contributed by atoms with Gasteiger partial charge in [0.2, 0.25) is 0 Å². The summed E-state index contributed by atoms with van der Waals surface area (Å²) in [5.74, 6) is 0.119. The van der Waals surface area contributed by atoms with Crippen LogP contribution in [0.2, 0.25) is 0 Å². The lowest BCUT2D eigenvalue weighted by Crippen LogP contribution is -2.32. The third-order valence-corrected chi connectivity index (χ3v) is 2.68. The Bertz CT molecular complexity index is 166. The molecule has 0 radical (unpaired) electrons. The Morgan fingerprint density at radius 3 is 2.67 bits per heavy atom. The maximum absolute atomic E-state index is 10.3. The Labute approximate surface area is 73.4 Å². The molecule has 0 aromatic carbocycles. The number of carboxylic acid groups (broad SMARTS) is 1. The van der Waals surface area contributed by atoms with Crippen LogP contribution >= 0.6 is 0 Å². The van der Waals surface area contributed by atoms with Crippen molar-refractivity contribution in [1.29, 1.82) is 0 Å². The maximum Gasteiger partial charge on any atom is 0.304 e. The molecule has 0 heterocycles. The fourth-order valence-electron chi connectivity index (χ4n) is 1.41. The minimum absolute atomic E-state index is 0.257. The van der Waals surface area contributed by atoms with E-state index in [-0.39, 0.29) is 6.42 Å². The Balaban J connectivity index is 2.17. The smallest absolute Gasteiger partial charge is 0.304 e. The van der Waals surface area contributed by atoms with Crippen molar-refractivity contribution < 1.29 is 9.90 Å². The summed E-state index contributed by atoms with van der Waals surface area (Å²) in [6, 6.07) is 0.560. The van der Waals surface area contributed by atoms with Crippen LogP contribution in [0.1, 0.15) is 26.2 Å². The topological polar surface area (TPSA) is 40.5 Å². The van der Waals surface area contributed by atoms with E-state index in [0.29, 0.717) is 12.6 Å². The van der Waals surface area contributed by atoms with Crippen molar-refractivity contribution in [1.82, 2.24) is 4.90 Å². The predicted molar refractivity (Wildman–Crippen MR) is 47.1 cm³/mol. The molecule has 0 aromatic rings. The van der Waals surface area contributed by atoms with E-state index >= 15 is 0 Å². The monoisotopic (exact) mass is 171 g/mol. The van der Waals surface area contributed by atoms with E-state index in [9.17, 15) is 4.79 Å². The van der Waals surface area contributed by atoms with Gasteiger partial charge >= 0.3 is 5.97 Å². The van der Waals surface area contributed by atoms with Crippen LogP contribution in [0.15, 0.2) is 0 Å². The first-order chi connectivity index (χ1) is 5.61. The summed E-state index contributed by atoms with van der Waals surface area (Å²) < 4.78 is 0. The SMILES string of the molecule is CC(C1CC1)N(C)CCC(=O)O. The summed E-state index contributed by atoms with van der Waals surface area (Å²) in [5, 5.41) is 8.47. The normalized spacial score (nSPS) is 19.6. The molecule has 1 aliphatic carbocycles. The third-order valence-electron chi connectivity index (χ3n) is 2.68. The Morgan fingerprint density at radius 1 is 1.67 bits per heavy atom. The van der Waals surface area contributed by atoms with E-state index in [1.165, 1.54) is 12.8 Å². The Morgan fingerprint density at radius 2 is 2.25 bits per heavy atom. The lowest BCUT2D eigenvalue weighted by molar-refractivity contribution is -0.137. The molecule has 0 spiro atoms. The molecule has 0 aromatic heterocycles. The van der Waals surface area contributed by atoms with Crippen LogP contribution < -0.4 is 0 Å². The highest BCUT2D eigenvalue weighted by Gasteiger charge is 2.30. The van der Waals surface area contributed by atoms with E-state index in [4.69, 9.17) is 5.11 Å². The van der Waals surface area contributed by atoms with Gasteiger partial charge in [0, 0.05) is 12.6 Å². The van der Waals surface area contributed by atoms with E-state index < -0.39 is 5.97 Å². The number of hydrogen-bond donors (Lipinski definition) is 1. The lowest BCUT2D eigenvalue weighted by Gasteiger charge is -2.23. The Hall–Kier alpha value is -0.570. The molecule has 1 atom stereocenters. The molecule has 12 heavy (non-hydrogen) atoms. The quantitative estimate of drug-likeness (QED) is 0.675. The molecule has 1 aliphatic rings. The summed E-state index contributed by atoms with van der Waals surface area (Å²) in [5.41, 5.74) is 0. The second-order valence-electron chi connectivity index (χ2n) is 3.70. The lowest BCUT2D eigenvalue weighted by atomic mass is 10.2. The van der Waals surface area contributed by atoms with E-state index in [1.54, 1.807) is 0 Å². The number of aliphatic carboxylic acids is 1. The molecule has 1 rings (SSSR count). The molecular formula is C9H17NO2. The number of carbonyl (C=O) groups is 1. The second-order valence-corrected chi connectivity index (χ2v) is 3.70. The summed E-state index contributed by atoms with van der Waals surface area (Å²) in [6.07, 6.45) is 2.89. The van der Waals surface area contributed by atoms with Gasteiger partial charge in [0.25, 0.3) is 0 Å². The summed E-state index contributed by atoms with van der Waals surface area (Å²) in [4.78, 5) is 12.4. The highest BCUT2D eigenvalue weighted by Crippen LogP contribution is 2.34. The first-order valence-corrected chi connectivity index (χ1v) is 4.53. The van der Waals surface area contributed by atoms with E-state index in [2.05, 4.69) is 11.8 Å². The average Bonchev–Trinajstić information content (AvgIpc) is 2.80. The number of rotatable bonds is 5. The van der Waals surface area contributed by atoms with Gasteiger partial charge in [0.05, 0.1) is 6.42 Å². The second kappa shape index (κ2) is 3.90. The fourth-order valence-corrected chi connectivity index (χ4v) is 1.41. The van der Waals surface area contributed by atoms with Gasteiger partial charge in [-0.1, -0.05) is 0 Å². The number of hydrogen-bond acceptors (Lipinski definition) is 2. The minimum Gasteiger partial charge on any atom is -0.481 e. The molecule has 1 fully saturated rings. The Kier molecular flexibility index (Phi) is 3.09. The molecule has 1 N–H and O–H groups in total. The average molecular weight is 171 g/mol. The van der Waals surface area contributed by atoms with Crippen molar-refractivity contribution in [3.63, 3.8) is 0 Å². The van der Waals surface area contributed by atoms with Gasteiger partial charge in [-0.15, -0.1) is 0 Å². The highest BCUT2D eigenvalue weighted by molar-refractivity contribution is 5.66. The summed E-state index contributed by atoms with van der Waals surface area (Å²) in [6.45, 7) is 2.85. The van der Waals surface area contributed by atoms with Crippen LogP contribution in [0.3, 0.4) is 0 Å². The van der Waals surface area contributed by atoms with Crippen LogP contribution in [0.5, 0.6) is 0 Å². The molecule has 0 bridgehead atoms. The van der Waals surface area contributed by atoms with E-state index in [1.807, 2.05) is 7.05 Å². The van der Waals surface area contributed by atoms with Crippen molar-refractivity contribution in [3.8, 4) is 0 Å². The van der Waals surface area contributed by atoms with Crippen LogP contribution in [0.4, 0.5) is 0 Å². The van der Waals surface area contributed by atoms with Crippen molar-refractivity contribution in [2.24, 2.45) is 5.92 Å². The van der Waals surface area contributed by atoms with Gasteiger partial charge < -0.3 is 10.0 Å². The van der Waals surface area contributed by atoms with Gasteiger partial charge in [-0.2, -0.15) is 0 Å². The molecule has 0 aliphatic heterocycles. The van der Waals surface area contributed by atoms with Gasteiger partial charge in [-0.05, 0) is 32.7 Å². The van der Waals surface area contributed by atoms with Gasteiger partial charge in [-0.3, -0.25) is 4.79 Å². The molecule has 1 saturated carbocycles. The molecule has 3 nitrogen and oxygen atoms in total. The van der Waals surface area contributed by atoms with Crippen molar-refractivity contribution in [3.05, 3.63) is 0 Å². The first kappa shape index (κ1) is 9.52. The summed E-state index contributed by atoms with van der Waals surface area (Å²) in [7, 11) is 2.01. The number of carboxylic acids is 1. The van der Waals surface area contributed by atoms with Crippen LogP contribution in [-0.4, -0.2) is 35.6 Å². The van der Waals surface area contributed by atoms with Crippen LogP contribution in [0, 0.1) is 5.92 Å². The minimum atomic E-state index is -0.704. The molecule has 70 valence electrons. The maximum atomic E-state index is 10.3. The highest BCUT2D eigenvalue weighted by atomic mass is 16.4. The standard InChI is InChI=1S/C9H17NO2/c1-7(8-3-4-8)10(2)6-5-9(11)12/h7-8H,3-6H2,1-2H3,(H,11,12). The largest absolute Gasteiger partial charge is 0.481 e. The fraction of sp³-hybridized carbons (Fsp3) is 0.889. The van der Waals surface area contributed by atoms with Crippen molar-refractivity contribution in [2.45, 2.75) is 32.2 Å². The van der Waals surface area contributed by atoms with Crippen LogP contribution in [0.25, 0.3) is 0 Å². The zero-order valence-corrected chi connectivity index (χ0v) is 7.79. The molecule has 0 saturated heterocycles. The molecule has 3 heteroatoms. The zero-order valence-electron chi connectivity index (χ0n) is 7.79.